The summed E-state index contributed by atoms with van der Waals surface area (Å²) in [6, 6.07) is 0. The van der Waals surface area contributed by atoms with E-state index >= 15 is 0 Å². The van der Waals surface area contributed by atoms with Crippen molar-refractivity contribution in [1.29, 1.82) is 0 Å². The van der Waals surface area contributed by atoms with Gasteiger partial charge < -0.3 is 19.3 Å². The van der Waals surface area contributed by atoms with Crippen molar-refractivity contribution >= 4 is 17.8 Å². The summed E-state index contributed by atoms with van der Waals surface area (Å²) < 4.78 is 10.7. The summed E-state index contributed by atoms with van der Waals surface area (Å²) >= 11 is 0. The summed E-state index contributed by atoms with van der Waals surface area (Å²) in [6.07, 6.45) is 17.1. The van der Waals surface area contributed by atoms with Crippen molar-refractivity contribution < 1.29 is 23.9 Å². The molecular weight excluding hydrogens is 420 g/mol. The van der Waals surface area contributed by atoms with Crippen molar-refractivity contribution in [3.8, 4) is 0 Å². The number of rotatable bonds is 17. The first-order chi connectivity index (χ1) is 16.2. The molecule has 2 amide bonds. The van der Waals surface area contributed by atoms with Crippen LogP contribution in [0.4, 0.5) is 0 Å². The van der Waals surface area contributed by atoms with Crippen LogP contribution in [0.25, 0.3) is 0 Å². The Morgan fingerprint density at radius 1 is 0.727 bits per heavy atom. The standard InChI is InChI=1S/C26H44N2O5/c29-24-14-6-5-9-19-27(24)17-8-2-4-11-23-33-26(31)16-13-22-32-21-10-3-1-7-18-28-20-12-15-25(28)30/h13,16H,1-12,14-15,17-23H2/b16-13-. The molecule has 0 bridgehead atoms. The van der Waals surface area contributed by atoms with Crippen LogP contribution >= 0.6 is 0 Å². The number of carbonyl (C=O) groups is 3. The molecule has 2 rings (SSSR count). The van der Waals surface area contributed by atoms with Crippen molar-refractivity contribution in [2.75, 3.05) is 46.0 Å². The fourth-order valence-electron chi connectivity index (χ4n) is 4.35. The fraction of sp³-hybridized carbons (Fsp3) is 0.808. The average Bonchev–Trinajstić information content (AvgIpc) is 3.10. The lowest BCUT2D eigenvalue weighted by molar-refractivity contribution is -0.138. The average molecular weight is 465 g/mol. The topological polar surface area (TPSA) is 76.2 Å². The van der Waals surface area contributed by atoms with Crippen LogP contribution in [-0.2, 0) is 23.9 Å². The molecule has 33 heavy (non-hydrogen) atoms. The predicted molar refractivity (Wildman–Crippen MR) is 129 cm³/mol. The first-order valence-corrected chi connectivity index (χ1v) is 13.1. The minimum Gasteiger partial charge on any atom is -0.463 e. The highest BCUT2D eigenvalue weighted by atomic mass is 16.5. The molecule has 0 aromatic carbocycles. The van der Waals surface area contributed by atoms with Gasteiger partial charge >= 0.3 is 5.97 Å². The van der Waals surface area contributed by atoms with Gasteiger partial charge in [0.15, 0.2) is 0 Å². The first kappa shape index (κ1) is 27.4. The van der Waals surface area contributed by atoms with E-state index in [9.17, 15) is 14.4 Å². The molecule has 2 saturated heterocycles. The zero-order valence-corrected chi connectivity index (χ0v) is 20.4. The predicted octanol–water partition coefficient (Wildman–Crippen LogP) is 4.25. The number of ether oxygens (including phenoxy) is 2. The second-order valence-corrected chi connectivity index (χ2v) is 9.15. The van der Waals surface area contributed by atoms with Gasteiger partial charge in [-0.25, -0.2) is 4.79 Å². The maximum absolute atomic E-state index is 11.9. The molecule has 7 heteroatoms. The lowest BCUT2D eigenvalue weighted by Gasteiger charge is -2.20. The molecular formula is C26H44N2O5. The number of carbonyl (C=O) groups excluding carboxylic acids is 3. The van der Waals surface area contributed by atoms with E-state index in [0.717, 1.165) is 110 Å². The van der Waals surface area contributed by atoms with Crippen LogP contribution in [0.5, 0.6) is 0 Å². The molecule has 0 aliphatic carbocycles. The molecule has 0 spiro atoms. The third-order valence-corrected chi connectivity index (χ3v) is 6.34. The molecule has 2 heterocycles. The molecule has 0 radical (unpaired) electrons. The maximum Gasteiger partial charge on any atom is 0.330 e. The van der Waals surface area contributed by atoms with E-state index in [-0.39, 0.29) is 5.97 Å². The van der Waals surface area contributed by atoms with Crippen LogP contribution < -0.4 is 0 Å². The van der Waals surface area contributed by atoms with Gasteiger partial charge in [0.25, 0.3) is 0 Å². The highest BCUT2D eigenvalue weighted by Gasteiger charge is 2.18. The molecule has 0 atom stereocenters. The highest BCUT2D eigenvalue weighted by molar-refractivity contribution is 5.81. The Bertz CT molecular complexity index is 607. The number of hydrogen-bond acceptors (Lipinski definition) is 5. The van der Waals surface area contributed by atoms with E-state index in [2.05, 4.69) is 0 Å². The van der Waals surface area contributed by atoms with Gasteiger partial charge in [0.2, 0.25) is 11.8 Å². The van der Waals surface area contributed by atoms with Crippen molar-refractivity contribution in [2.45, 2.75) is 89.9 Å². The van der Waals surface area contributed by atoms with Crippen molar-refractivity contribution in [3.63, 3.8) is 0 Å². The third kappa shape index (κ3) is 12.8. The summed E-state index contributed by atoms with van der Waals surface area (Å²) in [6.45, 7) is 5.14. The van der Waals surface area contributed by atoms with Gasteiger partial charge in [-0.15, -0.1) is 0 Å². The third-order valence-electron chi connectivity index (χ3n) is 6.34. The summed E-state index contributed by atoms with van der Waals surface area (Å²) in [4.78, 5) is 39.2. The Kier molecular flexibility index (Phi) is 14.6. The van der Waals surface area contributed by atoms with Gasteiger partial charge in [-0.05, 0) is 51.4 Å². The largest absolute Gasteiger partial charge is 0.463 e. The van der Waals surface area contributed by atoms with Crippen LogP contribution in [0.2, 0.25) is 0 Å². The number of hydrogen-bond donors (Lipinski definition) is 0. The number of esters is 1. The van der Waals surface area contributed by atoms with Gasteiger partial charge in [-0.3, -0.25) is 9.59 Å². The monoisotopic (exact) mass is 464 g/mol. The molecule has 0 unspecified atom stereocenters. The minimum absolute atomic E-state index is 0.306. The first-order valence-electron chi connectivity index (χ1n) is 13.1. The molecule has 0 saturated carbocycles. The number of amides is 2. The van der Waals surface area contributed by atoms with Crippen molar-refractivity contribution in [2.24, 2.45) is 0 Å². The summed E-state index contributed by atoms with van der Waals surface area (Å²) in [5.41, 5.74) is 0. The Labute approximate surface area is 199 Å². The van der Waals surface area contributed by atoms with Gasteiger partial charge in [0.1, 0.15) is 0 Å². The van der Waals surface area contributed by atoms with Crippen LogP contribution in [0.3, 0.4) is 0 Å². The van der Waals surface area contributed by atoms with E-state index in [4.69, 9.17) is 9.47 Å². The minimum atomic E-state index is -0.315. The van der Waals surface area contributed by atoms with Crippen molar-refractivity contribution in [3.05, 3.63) is 12.2 Å². The molecule has 7 nitrogen and oxygen atoms in total. The zero-order valence-electron chi connectivity index (χ0n) is 20.4. The number of likely N-dealkylation sites (tertiary alicyclic amines) is 2. The SMILES string of the molecule is O=C(/C=C\COCCCCCCN1CCCC1=O)OCCCCCCN1CCCCCC1=O. The van der Waals surface area contributed by atoms with Crippen LogP contribution in [0, 0.1) is 0 Å². The van der Waals surface area contributed by atoms with E-state index in [0.29, 0.717) is 38.1 Å². The Balaban J connectivity index is 1.32. The summed E-state index contributed by atoms with van der Waals surface area (Å²) in [5.74, 6) is 0.301. The van der Waals surface area contributed by atoms with E-state index in [1.54, 1.807) is 6.08 Å². The Morgan fingerprint density at radius 3 is 2.00 bits per heavy atom. The van der Waals surface area contributed by atoms with Gasteiger partial charge in [-0.2, -0.15) is 0 Å². The molecule has 2 aliphatic rings. The molecule has 2 aliphatic heterocycles. The highest BCUT2D eigenvalue weighted by Crippen LogP contribution is 2.13. The van der Waals surface area contributed by atoms with Crippen LogP contribution in [0.1, 0.15) is 89.9 Å². The Morgan fingerprint density at radius 2 is 1.33 bits per heavy atom. The number of nitrogens with zero attached hydrogens (tertiary/aromatic N) is 2. The van der Waals surface area contributed by atoms with Crippen molar-refractivity contribution in [1.82, 2.24) is 9.80 Å². The molecule has 0 aromatic heterocycles. The summed E-state index contributed by atoms with van der Waals surface area (Å²) in [5, 5.41) is 0. The van der Waals surface area contributed by atoms with Crippen LogP contribution in [0.15, 0.2) is 12.2 Å². The molecule has 0 aromatic rings. The normalized spacial score (nSPS) is 17.2. The van der Waals surface area contributed by atoms with Gasteiger partial charge in [-0.1, -0.05) is 31.8 Å². The van der Waals surface area contributed by atoms with E-state index in [1.807, 2.05) is 9.80 Å². The Hall–Kier alpha value is -1.89. The molecule has 2 fully saturated rings. The van der Waals surface area contributed by atoms with Gasteiger partial charge in [0.05, 0.1) is 13.2 Å². The maximum atomic E-state index is 11.9. The second-order valence-electron chi connectivity index (χ2n) is 9.15. The quantitative estimate of drug-likeness (QED) is 0.183. The smallest absolute Gasteiger partial charge is 0.330 e. The van der Waals surface area contributed by atoms with Crippen LogP contribution in [-0.4, -0.2) is 73.6 Å². The van der Waals surface area contributed by atoms with E-state index < -0.39 is 0 Å². The lowest BCUT2D eigenvalue weighted by atomic mass is 10.2. The fourth-order valence-corrected chi connectivity index (χ4v) is 4.35. The second kappa shape index (κ2) is 17.6. The number of unbranched alkanes of at least 4 members (excludes halogenated alkanes) is 6. The van der Waals surface area contributed by atoms with Gasteiger partial charge in [0, 0.05) is 51.7 Å². The molecule has 188 valence electrons. The van der Waals surface area contributed by atoms with E-state index in [1.165, 1.54) is 6.08 Å². The summed E-state index contributed by atoms with van der Waals surface area (Å²) in [7, 11) is 0. The zero-order chi connectivity index (χ0) is 23.6. The lowest BCUT2D eigenvalue weighted by Crippen LogP contribution is -2.31. The molecule has 0 N–H and O–H groups in total.